The molecule has 0 aliphatic rings. The van der Waals surface area contributed by atoms with Gasteiger partial charge in [0.25, 0.3) is 5.91 Å². The lowest BCUT2D eigenvalue weighted by Crippen LogP contribution is -2.41. The van der Waals surface area contributed by atoms with Crippen LogP contribution < -0.4 is 5.73 Å². The van der Waals surface area contributed by atoms with Crippen LogP contribution in [0.4, 0.5) is 0 Å². The van der Waals surface area contributed by atoms with Gasteiger partial charge in [0, 0.05) is 5.56 Å². The number of hydrogen-bond donors (Lipinski definition) is 1. The molecule has 0 aliphatic heterocycles. The van der Waals surface area contributed by atoms with Gasteiger partial charge in [-0.05, 0) is 24.1 Å². The van der Waals surface area contributed by atoms with E-state index < -0.39 is 5.91 Å². The zero-order valence-electron chi connectivity index (χ0n) is 12.6. The first-order valence-electron chi connectivity index (χ1n) is 7.32. The van der Waals surface area contributed by atoms with Crippen molar-refractivity contribution < 1.29 is 9.59 Å². The highest BCUT2D eigenvalue weighted by Gasteiger charge is 2.26. The third-order valence-corrected chi connectivity index (χ3v) is 3.56. The first-order chi connectivity index (χ1) is 10.6. The molecule has 2 aromatic carbocycles. The fourth-order valence-electron chi connectivity index (χ4n) is 2.55. The van der Waals surface area contributed by atoms with Crippen molar-refractivity contribution in [2.75, 3.05) is 6.54 Å². The number of rotatable bonds is 6. The monoisotopic (exact) mass is 296 g/mol. The SMILES string of the molecule is CCC(c1ccccc1)N(CC(N)=O)C(=O)c1ccccc1. The van der Waals surface area contributed by atoms with Crippen molar-refractivity contribution in [2.45, 2.75) is 19.4 Å². The molecule has 2 rings (SSSR count). The second-order valence-electron chi connectivity index (χ2n) is 5.10. The van der Waals surface area contributed by atoms with Crippen LogP contribution in [0.15, 0.2) is 60.7 Å². The van der Waals surface area contributed by atoms with E-state index in [4.69, 9.17) is 5.73 Å². The molecule has 1 unspecified atom stereocenters. The maximum absolute atomic E-state index is 12.8. The van der Waals surface area contributed by atoms with Gasteiger partial charge in [-0.15, -0.1) is 0 Å². The van der Waals surface area contributed by atoms with E-state index in [0.29, 0.717) is 12.0 Å². The number of primary amides is 1. The number of carbonyl (C=O) groups is 2. The van der Waals surface area contributed by atoms with Crippen molar-refractivity contribution in [3.63, 3.8) is 0 Å². The maximum atomic E-state index is 12.8. The lowest BCUT2D eigenvalue weighted by molar-refractivity contribution is -0.119. The van der Waals surface area contributed by atoms with Crippen molar-refractivity contribution in [2.24, 2.45) is 5.73 Å². The van der Waals surface area contributed by atoms with Crippen molar-refractivity contribution in [3.05, 3.63) is 71.8 Å². The van der Waals surface area contributed by atoms with Gasteiger partial charge in [-0.3, -0.25) is 9.59 Å². The Morgan fingerprint density at radius 3 is 2.05 bits per heavy atom. The van der Waals surface area contributed by atoms with Crippen molar-refractivity contribution in [3.8, 4) is 0 Å². The van der Waals surface area contributed by atoms with Crippen LogP contribution in [0.5, 0.6) is 0 Å². The molecule has 22 heavy (non-hydrogen) atoms. The summed E-state index contributed by atoms with van der Waals surface area (Å²) in [5.74, 6) is -0.700. The third-order valence-electron chi connectivity index (χ3n) is 3.56. The van der Waals surface area contributed by atoms with E-state index in [9.17, 15) is 9.59 Å². The molecule has 0 radical (unpaired) electrons. The Hall–Kier alpha value is -2.62. The highest BCUT2D eigenvalue weighted by atomic mass is 16.2. The molecule has 0 saturated carbocycles. The molecule has 0 spiro atoms. The minimum atomic E-state index is -0.515. The second kappa shape index (κ2) is 7.41. The van der Waals surface area contributed by atoms with E-state index in [2.05, 4.69) is 0 Å². The normalized spacial score (nSPS) is 11.7. The summed E-state index contributed by atoms with van der Waals surface area (Å²) in [5.41, 5.74) is 6.90. The summed E-state index contributed by atoms with van der Waals surface area (Å²) in [6.45, 7) is 1.89. The van der Waals surface area contributed by atoms with Gasteiger partial charge in [0.2, 0.25) is 5.91 Å². The first kappa shape index (κ1) is 15.8. The highest BCUT2D eigenvalue weighted by molar-refractivity contribution is 5.96. The Balaban J connectivity index is 2.36. The van der Waals surface area contributed by atoms with Crippen LogP contribution in [0.2, 0.25) is 0 Å². The second-order valence-corrected chi connectivity index (χ2v) is 5.10. The predicted molar refractivity (Wildman–Crippen MR) is 86.1 cm³/mol. The molecule has 4 heteroatoms. The molecule has 0 bridgehead atoms. The van der Waals surface area contributed by atoms with Crippen LogP contribution in [-0.2, 0) is 4.79 Å². The Bertz CT molecular complexity index is 626. The van der Waals surface area contributed by atoms with Gasteiger partial charge in [-0.1, -0.05) is 55.5 Å². The quantitative estimate of drug-likeness (QED) is 0.891. The molecule has 0 heterocycles. The Morgan fingerprint density at radius 2 is 1.55 bits per heavy atom. The third kappa shape index (κ3) is 3.73. The van der Waals surface area contributed by atoms with Crippen molar-refractivity contribution >= 4 is 11.8 Å². The number of amides is 2. The fraction of sp³-hybridized carbons (Fsp3) is 0.222. The van der Waals surface area contributed by atoms with Gasteiger partial charge in [-0.2, -0.15) is 0 Å². The van der Waals surface area contributed by atoms with Gasteiger partial charge in [0.1, 0.15) is 6.54 Å². The average Bonchev–Trinajstić information content (AvgIpc) is 2.55. The molecule has 2 aromatic rings. The fourth-order valence-corrected chi connectivity index (χ4v) is 2.55. The van der Waals surface area contributed by atoms with Gasteiger partial charge in [0.05, 0.1) is 6.04 Å². The van der Waals surface area contributed by atoms with E-state index in [0.717, 1.165) is 5.56 Å². The summed E-state index contributed by atoms with van der Waals surface area (Å²) in [6, 6.07) is 18.5. The standard InChI is InChI=1S/C18H20N2O2/c1-2-16(14-9-5-3-6-10-14)20(13-17(19)21)18(22)15-11-7-4-8-12-15/h3-12,16H,2,13H2,1H3,(H2,19,21). The van der Waals surface area contributed by atoms with E-state index in [-0.39, 0.29) is 18.5 Å². The summed E-state index contributed by atoms with van der Waals surface area (Å²) in [5, 5.41) is 0. The minimum absolute atomic E-state index is 0.0961. The van der Waals surface area contributed by atoms with Crippen LogP contribution >= 0.6 is 0 Å². The smallest absolute Gasteiger partial charge is 0.254 e. The molecular formula is C18H20N2O2. The van der Waals surface area contributed by atoms with Crippen molar-refractivity contribution in [1.82, 2.24) is 4.90 Å². The highest BCUT2D eigenvalue weighted by Crippen LogP contribution is 2.25. The molecule has 2 amide bonds. The Morgan fingerprint density at radius 1 is 1.00 bits per heavy atom. The largest absolute Gasteiger partial charge is 0.368 e. The summed E-state index contributed by atoms with van der Waals surface area (Å²) >= 11 is 0. The zero-order chi connectivity index (χ0) is 15.9. The van der Waals surface area contributed by atoms with Gasteiger partial charge >= 0.3 is 0 Å². The molecule has 4 nitrogen and oxygen atoms in total. The average molecular weight is 296 g/mol. The summed E-state index contributed by atoms with van der Waals surface area (Å²) in [4.78, 5) is 25.7. The van der Waals surface area contributed by atoms with Crippen LogP contribution in [0.25, 0.3) is 0 Å². The van der Waals surface area contributed by atoms with E-state index in [1.165, 1.54) is 0 Å². The van der Waals surface area contributed by atoms with Gasteiger partial charge in [-0.25, -0.2) is 0 Å². The summed E-state index contributed by atoms with van der Waals surface area (Å²) in [7, 11) is 0. The minimum Gasteiger partial charge on any atom is -0.368 e. The van der Waals surface area contributed by atoms with E-state index in [1.54, 1.807) is 29.2 Å². The lowest BCUT2D eigenvalue weighted by Gasteiger charge is -2.30. The molecule has 0 aromatic heterocycles. The topological polar surface area (TPSA) is 63.4 Å². The van der Waals surface area contributed by atoms with Crippen molar-refractivity contribution in [1.29, 1.82) is 0 Å². The van der Waals surface area contributed by atoms with Crippen LogP contribution in [-0.4, -0.2) is 23.3 Å². The Labute approximate surface area is 130 Å². The zero-order valence-corrected chi connectivity index (χ0v) is 12.6. The molecule has 1 atom stereocenters. The first-order valence-corrected chi connectivity index (χ1v) is 7.32. The molecular weight excluding hydrogens is 276 g/mol. The Kier molecular flexibility index (Phi) is 5.31. The molecule has 0 fully saturated rings. The van der Waals surface area contributed by atoms with E-state index >= 15 is 0 Å². The number of carbonyl (C=O) groups excluding carboxylic acids is 2. The van der Waals surface area contributed by atoms with Crippen LogP contribution in [0.3, 0.4) is 0 Å². The molecule has 0 saturated heterocycles. The summed E-state index contributed by atoms with van der Waals surface area (Å²) < 4.78 is 0. The number of benzene rings is 2. The molecule has 2 N–H and O–H groups in total. The predicted octanol–water partition coefficient (Wildman–Crippen LogP) is 2.77. The maximum Gasteiger partial charge on any atom is 0.254 e. The molecule has 0 aliphatic carbocycles. The van der Waals surface area contributed by atoms with Crippen LogP contribution in [0.1, 0.15) is 35.3 Å². The van der Waals surface area contributed by atoms with Gasteiger partial charge in [0.15, 0.2) is 0 Å². The lowest BCUT2D eigenvalue weighted by atomic mass is 10.0. The number of nitrogens with two attached hydrogens (primary N) is 1. The summed E-state index contributed by atoms with van der Waals surface area (Å²) in [6.07, 6.45) is 0.704. The number of hydrogen-bond acceptors (Lipinski definition) is 2. The van der Waals surface area contributed by atoms with Crippen LogP contribution in [0, 0.1) is 0 Å². The van der Waals surface area contributed by atoms with E-state index in [1.807, 2.05) is 43.3 Å². The van der Waals surface area contributed by atoms with Gasteiger partial charge < -0.3 is 10.6 Å². The molecule has 114 valence electrons. The number of nitrogens with zero attached hydrogens (tertiary/aromatic N) is 1.